The maximum absolute atomic E-state index is 13.6. The van der Waals surface area contributed by atoms with Crippen LogP contribution in [0.5, 0.6) is 0 Å². The highest BCUT2D eigenvalue weighted by Gasteiger charge is 2.05. The van der Waals surface area contributed by atoms with Crippen molar-refractivity contribution in [3.05, 3.63) is 46.8 Å². The fourth-order valence-corrected chi connectivity index (χ4v) is 1.48. The van der Waals surface area contributed by atoms with E-state index in [-0.39, 0.29) is 12.4 Å². The van der Waals surface area contributed by atoms with Crippen LogP contribution in [0.15, 0.2) is 40.3 Å². The Morgan fingerprint density at radius 1 is 1.42 bits per heavy atom. The van der Waals surface area contributed by atoms with Gasteiger partial charge < -0.3 is 5.32 Å². The van der Waals surface area contributed by atoms with Crippen molar-refractivity contribution in [3.63, 3.8) is 0 Å². The molecule has 1 N–H and O–H groups in total. The first kappa shape index (κ1) is 15.4. The van der Waals surface area contributed by atoms with E-state index in [2.05, 4.69) is 21.9 Å². The summed E-state index contributed by atoms with van der Waals surface area (Å²) in [5, 5.41) is 3.39. The molecule has 0 atom stereocenters. The molecule has 1 aromatic rings. The molecule has 0 aliphatic carbocycles. The molecule has 102 valence electrons. The van der Waals surface area contributed by atoms with Crippen LogP contribution in [0, 0.1) is 5.82 Å². The summed E-state index contributed by atoms with van der Waals surface area (Å²) in [4.78, 5) is 8.30. The molecule has 1 aromatic carbocycles. The standard InChI is InChI=1S/C14H17ClFN3/c1-9(2)14(19-10(3)17-4)18-8-11-5-6-12(15)7-13(11)16/h5-7H,1,8H2,2-4H3,(H,17,18,19). The number of benzene rings is 1. The summed E-state index contributed by atoms with van der Waals surface area (Å²) in [6.45, 7) is 7.69. The van der Waals surface area contributed by atoms with Crippen molar-refractivity contribution in [2.45, 2.75) is 20.4 Å². The second kappa shape index (κ2) is 7.04. The van der Waals surface area contributed by atoms with E-state index in [1.807, 2.05) is 13.8 Å². The third-order valence-electron chi connectivity index (χ3n) is 2.46. The molecule has 0 aromatic heterocycles. The van der Waals surface area contributed by atoms with Crippen LogP contribution in [0.3, 0.4) is 0 Å². The Bertz CT molecular complexity index is 535. The fraction of sp³-hybridized carbons (Fsp3) is 0.286. The number of rotatable bonds is 3. The topological polar surface area (TPSA) is 36.8 Å². The lowest BCUT2D eigenvalue weighted by molar-refractivity contribution is 0.611. The molecule has 0 amide bonds. The van der Waals surface area contributed by atoms with Gasteiger partial charge >= 0.3 is 0 Å². The lowest BCUT2D eigenvalue weighted by Crippen LogP contribution is -2.29. The predicted molar refractivity (Wildman–Crippen MR) is 79.5 cm³/mol. The smallest absolute Gasteiger partial charge is 0.129 e. The van der Waals surface area contributed by atoms with E-state index >= 15 is 0 Å². The lowest BCUT2D eigenvalue weighted by atomic mass is 10.2. The van der Waals surface area contributed by atoms with E-state index in [0.717, 1.165) is 11.4 Å². The van der Waals surface area contributed by atoms with Crippen molar-refractivity contribution in [1.82, 2.24) is 5.32 Å². The summed E-state index contributed by atoms with van der Waals surface area (Å²) < 4.78 is 13.6. The summed E-state index contributed by atoms with van der Waals surface area (Å²) >= 11 is 5.70. The molecule has 0 spiro atoms. The highest BCUT2D eigenvalue weighted by Crippen LogP contribution is 2.15. The lowest BCUT2D eigenvalue weighted by Gasteiger charge is -2.09. The first-order valence-corrected chi connectivity index (χ1v) is 6.16. The van der Waals surface area contributed by atoms with Gasteiger partial charge in [0.1, 0.15) is 11.7 Å². The number of nitrogens with zero attached hydrogens (tertiary/aromatic N) is 2. The van der Waals surface area contributed by atoms with Gasteiger partial charge in [0.15, 0.2) is 0 Å². The van der Waals surface area contributed by atoms with Crippen LogP contribution in [0.2, 0.25) is 5.02 Å². The van der Waals surface area contributed by atoms with E-state index in [1.165, 1.54) is 6.07 Å². The van der Waals surface area contributed by atoms with E-state index in [9.17, 15) is 4.39 Å². The number of aliphatic imine (C=N–C) groups is 2. The third kappa shape index (κ3) is 4.83. The minimum Gasteiger partial charge on any atom is -0.329 e. The Kier molecular flexibility index (Phi) is 5.70. The zero-order chi connectivity index (χ0) is 14.4. The highest BCUT2D eigenvalue weighted by atomic mass is 35.5. The number of nitrogens with one attached hydrogen (secondary N) is 1. The molecule has 0 saturated heterocycles. The van der Waals surface area contributed by atoms with Crippen LogP contribution < -0.4 is 5.32 Å². The van der Waals surface area contributed by atoms with Crippen LogP contribution >= 0.6 is 11.6 Å². The summed E-state index contributed by atoms with van der Waals surface area (Å²) in [5.74, 6) is 0.953. The second-order valence-corrected chi connectivity index (χ2v) is 4.55. The van der Waals surface area contributed by atoms with Crippen LogP contribution in [0.4, 0.5) is 4.39 Å². The average Bonchev–Trinajstić information content (AvgIpc) is 2.35. The Balaban J connectivity index is 2.89. The quantitative estimate of drug-likeness (QED) is 0.667. The molecular weight excluding hydrogens is 265 g/mol. The van der Waals surface area contributed by atoms with Gasteiger partial charge in [-0.2, -0.15) is 0 Å². The van der Waals surface area contributed by atoms with Gasteiger partial charge in [-0.3, -0.25) is 9.98 Å². The van der Waals surface area contributed by atoms with Gasteiger partial charge in [-0.15, -0.1) is 0 Å². The van der Waals surface area contributed by atoms with Crippen molar-refractivity contribution in [2.75, 3.05) is 7.05 Å². The molecule has 0 unspecified atom stereocenters. The van der Waals surface area contributed by atoms with Gasteiger partial charge in [0.25, 0.3) is 0 Å². The van der Waals surface area contributed by atoms with Gasteiger partial charge in [-0.25, -0.2) is 4.39 Å². The molecule has 0 heterocycles. The summed E-state index contributed by atoms with van der Waals surface area (Å²) in [6, 6.07) is 4.54. The molecule has 1 rings (SSSR count). The number of amidine groups is 2. The van der Waals surface area contributed by atoms with Gasteiger partial charge in [-0.05, 0) is 31.6 Å². The van der Waals surface area contributed by atoms with Crippen molar-refractivity contribution in [2.24, 2.45) is 9.98 Å². The van der Waals surface area contributed by atoms with E-state index < -0.39 is 0 Å². The normalized spacial score (nSPS) is 12.5. The maximum Gasteiger partial charge on any atom is 0.129 e. The predicted octanol–water partition coefficient (Wildman–Crippen LogP) is 3.59. The van der Waals surface area contributed by atoms with Gasteiger partial charge in [0.05, 0.1) is 12.4 Å². The number of hydrogen-bond donors (Lipinski definition) is 1. The molecule has 5 heteroatoms. The van der Waals surface area contributed by atoms with Gasteiger partial charge in [0.2, 0.25) is 0 Å². The molecular formula is C14H17ClFN3. The monoisotopic (exact) mass is 281 g/mol. The zero-order valence-corrected chi connectivity index (χ0v) is 12.1. The van der Waals surface area contributed by atoms with Crippen LogP contribution in [-0.4, -0.2) is 18.7 Å². The van der Waals surface area contributed by atoms with E-state index in [0.29, 0.717) is 16.4 Å². The highest BCUT2D eigenvalue weighted by molar-refractivity contribution is 6.30. The average molecular weight is 282 g/mol. The van der Waals surface area contributed by atoms with Gasteiger partial charge in [-0.1, -0.05) is 24.2 Å². The van der Waals surface area contributed by atoms with Crippen molar-refractivity contribution in [1.29, 1.82) is 0 Å². The Labute approximate surface area is 117 Å². The van der Waals surface area contributed by atoms with Crippen molar-refractivity contribution >= 4 is 23.3 Å². The summed E-state index contributed by atoms with van der Waals surface area (Å²) in [7, 11) is 1.68. The van der Waals surface area contributed by atoms with Crippen LogP contribution in [-0.2, 0) is 6.54 Å². The fourth-order valence-electron chi connectivity index (χ4n) is 1.32. The van der Waals surface area contributed by atoms with Crippen molar-refractivity contribution in [3.8, 4) is 0 Å². The summed E-state index contributed by atoms with van der Waals surface area (Å²) in [5.41, 5.74) is 1.24. The van der Waals surface area contributed by atoms with Crippen LogP contribution in [0.1, 0.15) is 19.4 Å². The Hall–Kier alpha value is -1.68. The molecule has 0 radical (unpaired) electrons. The maximum atomic E-state index is 13.6. The Morgan fingerprint density at radius 2 is 2.11 bits per heavy atom. The minimum absolute atomic E-state index is 0.217. The third-order valence-corrected chi connectivity index (χ3v) is 2.70. The van der Waals surface area contributed by atoms with Gasteiger partial charge in [0, 0.05) is 17.6 Å². The number of hydrogen-bond acceptors (Lipinski definition) is 2. The van der Waals surface area contributed by atoms with E-state index in [4.69, 9.17) is 11.6 Å². The zero-order valence-electron chi connectivity index (χ0n) is 11.3. The van der Waals surface area contributed by atoms with Crippen LogP contribution in [0.25, 0.3) is 0 Å². The molecule has 3 nitrogen and oxygen atoms in total. The largest absolute Gasteiger partial charge is 0.329 e. The number of halogens is 2. The molecule has 0 aliphatic rings. The SMILES string of the molecule is C=C(C)C(=NCc1ccc(Cl)cc1F)NC(C)=NC. The van der Waals surface area contributed by atoms with E-state index in [1.54, 1.807) is 19.2 Å². The van der Waals surface area contributed by atoms with Crippen molar-refractivity contribution < 1.29 is 4.39 Å². The molecule has 19 heavy (non-hydrogen) atoms. The first-order valence-electron chi connectivity index (χ1n) is 5.78. The minimum atomic E-state index is -0.363. The molecule has 0 saturated carbocycles. The summed E-state index contributed by atoms with van der Waals surface area (Å²) in [6.07, 6.45) is 0. The Morgan fingerprint density at radius 3 is 2.63 bits per heavy atom. The molecule has 0 fully saturated rings. The second-order valence-electron chi connectivity index (χ2n) is 4.11. The molecule has 0 aliphatic heterocycles. The first-order chi connectivity index (χ1) is 8.93. The molecule has 0 bridgehead atoms.